The Morgan fingerprint density at radius 1 is 0.414 bits per heavy atom. The predicted molar refractivity (Wildman–Crippen MR) is 246 cm³/mol. The molecule has 3 heterocycles. The summed E-state index contributed by atoms with van der Waals surface area (Å²) in [5, 5.41) is 4.14. The van der Waals surface area contributed by atoms with Crippen LogP contribution >= 0.6 is 0 Å². The van der Waals surface area contributed by atoms with E-state index >= 15 is 0 Å². The van der Waals surface area contributed by atoms with E-state index in [4.69, 9.17) is 12.6 Å². The molecule has 0 saturated carbocycles. The van der Waals surface area contributed by atoms with Crippen LogP contribution < -0.4 is 20.7 Å². The fourth-order valence-electron chi connectivity index (χ4n) is 8.86. The van der Waals surface area contributed by atoms with E-state index < -0.39 is 56.4 Å². The van der Waals surface area contributed by atoms with Crippen LogP contribution in [0.15, 0.2) is 222 Å². The van der Waals surface area contributed by atoms with Gasteiger partial charge in [-0.1, -0.05) is 176 Å². The SMILES string of the molecule is [2H]c1c([2H])c([Si](c2ccccc2)(c2ccccc2)c2ccccc2)c([2H])c([2H])c1-n1c2ccccc2c2c([2H])c(-n3c4c([2H])c([2H])c([2H])c([2H])c4c4c([2H])c([2H])c([2H])c([2H])c43)c3oc4ccccc4c3c21. The highest BCUT2D eigenvalue weighted by Crippen LogP contribution is 2.45. The van der Waals surface area contributed by atoms with Gasteiger partial charge in [0.2, 0.25) is 0 Å². The van der Waals surface area contributed by atoms with Crippen LogP contribution in [0.1, 0.15) is 17.8 Å². The molecule has 0 bridgehead atoms. The van der Waals surface area contributed by atoms with Crippen molar-refractivity contribution in [2.75, 3.05) is 0 Å². The van der Waals surface area contributed by atoms with Crippen LogP contribution in [0, 0.1) is 0 Å². The number of benzene rings is 9. The number of hydrogen-bond acceptors (Lipinski definition) is 1. The summed E-state index contributed by atoms with van der Waals surface area (Å²) in [7, 11) is -3.64. The fourth-order valence-corrected chi connectivity index (χ4v) is 13.3. The highest BCUT2D eigenvalue weighted by molar-refractivity contribution is 7.19. The Bertz CT molecular complexity index is 4070. The second-order valence-corrected chi connectivity index (χ2v) is 17.9. The van der Waals surface area contributed by atoms with Crippen molar-refractivity contribution in [2.45, 2.75) is 0 Å². The molecule has 0 unspecified atom stereocenters. The van der Waals surface area contributed by atoms with Gasteiger partial charge in [0.15, 0.2) is 13.7 Å². The van der Waals surface area contributed by atoms with Crippen LogP contribution in [-0.4, -0.2) is 17.2 Å². The summed E-state index contributed by atoms with van der Waals surface area (Å²) in [5.74, 6) is 0. The molecule has 12 rings (SSSR count). The lowest BCUT2D eigenvalue weighted by Crippen LogP contribution is -2.74. The van der Waals surface area contributed by atoms with Gasteiger partial charge in [-0.15, -0.1) is 0 Å². The van der Waals surface area contributed by atoms with E-state index in [-0.39, 0.29) is 79.5 Å². The van der Waals surface area contributed by atoms with Crippen molar-refractivity contribution < 1.29 is 22.2 Å². The van der Waals surface area contributed by atoms with E-state index in [1.807, 2.05) is 91.0 Å². The summed E-state index contributed by atoms with van der Waals surface area (Å²) in [6.45, 7) is 0. The van der Waals surface area contributed by atoms with E-state index in [9.17, 15) is 9.60 Å². The van der Waals surface area contributed by atoms with Gasteiger partial charge < -0.3 is 13.6 Å². The van der Waals surface area contributed by atoms with Gasteiger partial charge >= 0.3 is 0 Å². The Hall–Kier alpha value is -7.40. The first kappa shape index (κ1) is 22.4. The average molecular weight is 770 g/mol. The van der Waals surface area contributed by atoms with Crippen molar-refractivity contribution in [3.8, 4) is 11.4 Å². The van der Waals surface area contributed by atoms with Gasteiger partial charge in [0, 0.05) is 32.6 Å². The van der Waals surface area contributed by atoms with Gasteiger partial charge in [0.1, 0.15) is 5.58 Å². The molecule has 0 saturated heterocycles. The number of fused-ring (bicyclic) bond motifs is 10. The monoisotopic (exact) mass is 769 g/mol. The third-order valence-corrected chi connectivity index (χ3v) is 15.9. The molecule has 0 aliphatic heterocycles. The second-order valence-electron chi connectivity index (χ2n) is 14.2. The van der Waals surface area contributed by atoms with E-state index in [2.05, 4.69) is 0 Å². The molecule has 4 heteroatoms. The standard InChI is InChI=1S/C54H36N2OSi/c1-4-18-38(19-5-1)58(39-20-6-2-7-21-39,40-22-8-3-9-23-40)41-34-32-37(33-35-41)55-47-28-14-12-26-44(47)46-36-50(54-52(53(46)55)45-27-13-17-31-51(45)57-54)56-48-29-15-10-24-42(48)43-25-11-16-30-49(43)56/h1-36H/i10D,11D,15D,16D,24D,25D,29D,30D,32D,33D,34D,35D,36D. The maximum atomic E-state index is 10.4. The quantitative estimate of drug-likeness (QED) is 0.122. The number of aromatic nitrogens is 2. The first-order valence-corrected chi connectivity index (χ1v) is 20.9. The van der Waals surface area contributed by atoms with Crippen LogP contribution in [0.5, 0.6) is 0 Å². The minimum absolute atomic E-state index is 0.0157. The van der Waals surface area contributed by atoms with Gasteiger partial charge in [0.05, 0.1) is 51.0 Å². The van der Waals surface area contributed by atoms with E-state index in [1.54, 1.807) is 53.1 Å². The molecule has 0 aliphatic carbocycles. The first-order valence-electron chi connectivity index (χ1n) is 25.4. The molecule has 0 amide bonds. The maximum absolute atomic E-state index is 10.4. The molecule has 0 N–H and O–H groups in total. The zero-order chi connectivity index (χ0) is 49.5. The number of para-hydroxylation sites is 4. The van der Waals surface area contributed by atoms with Crippen molar-refractivity contribution in [3.63, 3.8) is 0 Å². The number of furan rings is 1. The summed E-state index contributed by atoms with van der Waals surface area (Å²) < 4.78 is 132. The minimum atomic E-state index is -3.64. The number of hydrogen-bond donors (Lipinski definition) is 0. The Morgan fingerprint density at radius 2 is 0.931 bits per heavy atom. The second kappa shape index (κ2) is 12.8. The molecule has 0 fully saturated rings. The van der Waals surface area contributed by atoms with Gasteiger partial charge in [-0.25, -0.2) is 0 Å². The number of nitrogens with zero attached hydrogens (tertiary/aromatic N) is 2. The van der Waals surface area contributed by atoms with Crippen molar-refractivity contribution in [2.24, 2.45) is 0 Å². The molecule has 9 aromatic carbocycles. The highest BCUT2D eigenvalue weighted by atomic mass is 28.3. The Kier molecular flexibility index (Phi) is 4.94. The van der Waals surface area contributed by atoms with Crippen LogP contribution in [-0.2, 0) is 0 Å². The average Bonchev–Trinajstić information content (AvgIpc) is 4.07. The van der Waals surface area contributed by atoms with Crippen LogP contribution in [0.2, 0.25) is 0 Å². The molecule has 0 spiro atoms. The summed E-state index contributed by atoms with van der Waals surface area (Å²) in [5.41, 5.74) is 0.571. The van der Waals surface area contributed by atoms with Crippen molar-refractivity contribution in [3.05, 3.63) is 218 Å². The van der Waals surface area contributed by atoms with E-state index in [0.29, 0.717) is 32.8 Å². The number of rotatable bonds is 6. The van der Waals surface area contributed by atoms with Crippen molar-refractivity contribution in [1.29, 1.82) is 0 Å². The molecule has 0 atom stereocenters. The molecular formula is C54H36N2OSi. The zero-order valence-corrected chi connectivity index (χ0v) is 31.6. The third-order valence-electron chi connectivity index (χ3n) is 11.3. The Morgan fingerprint density at radius 3 is 1.53 bits per heavy atom. The smallest absolute Gasteiger partial charge is 0.179 e. The van der Waals surface area contributed by atoms with Gasteiger partial charge in [-0.2, -0.15) is 0 Å². The van der Waals surface area contributed by atoms with Crippen molar-refractivity contribution >= 4 is 94.4 Å². The molecule has 12 aromatic rings. The predicted octanol–water partition coefficient (Wildman–Crippen LogP) is 11.2. The minimum Gasteiger partial charge on any atom is -0.454 e. The van der Waals surface area contributed by atoms with Crippen LogP contribution in [0.3, 0.4) is 0 Å². The molecule has 58 heavy (non-hydrogen) atoms. The highest BCUT2D eigenvalue weighted by Gasteiger charge is 2.41. The third kappa shape index (κ3) is 4.61. The van der Waals surface area contributed by atoms with Crippen molar-refractivity contribution in [1.82, 2.24) is 9.13 Å². The molecule has 0 radical (unpaired) electrons. The summed E-state index contributed by atoms with van der Waals surface area (Å²) >= 11 is 0. The molecular weight excluding hydrogens is 721 g/mol. The topological polar surface area (TPSA) is 23.0 Å². The lowest BCUT2D eigenvalue weighted by Gasteiger charge is -2.34. The summed E-state index contributed by atoms with van der Waals surface area (Å²) in [6.07, 6.45) is 0. The zero-order valence-electron chi connectivity index (χ0n) is 43.6. The lowest BCUT2D eigenvalue weighted by molar-refractivity contribution is 0.666. The fraction of sp³-hybridized carbons (Fsp3) is 0. The molecule has 3 aromatic heterocycles. The van der Waals surface area contributed by atoms with E-state index in [1.165, 1.54) is 4.57 Å². The van der Waals surface area contributed by atoms with Crippen LogP contribution in [0.4, 0.5) is 0 Å². The van der Waals surface area contributed by atoms with Gasteiger partial charge in [-0.05, 0) is 63.1 Å². The van der Waals surface area contributed by atoms with E-state index in [0.717, 1.165) is 15.6 Å². The van der Waals surface area contributed by atoms with Gasteiger partial charge in [-0.3, -0.25) is 0 Å². The van der Waals surface area contributed by atoms with Crippen LogP contribution in [0.25, 0.3) is 76.9 Å². The summed E-state index contributed by atoms with van der Waals surface area (Å²) in [4.78, 5) is 0. The molecule has 272 valence electrons. The lowest BCUT2D eigenvalue weighted by atomic mass is 10.1. The van der Waals surface area contributed by atoms with Gasteiger partial charge in [0.25, 0.3) is 0 Å². The Labute approximate surface area is 354 Å². The normalized spacial score (nSPS) is 15.3. The summed E-state index contributed by atoms with van der Waals surface area (Å²) in [6, 6.07) is 37.4. The Balaban J connectivity index is 1.28. The first-order chi connectivity index (χ1) is 34.2. The molecule has 3 nitrogen and oxygen atoms in total. The molecule has 0 aliphatic rings. The maximum Gasteiger partial charge on any atom is 0.179 e. The largest absolute Gasteiger partial charge is 0.454 e.